The van der Waals surface area contributed by atoms with Crippen LogP contribution >= 0.6 is 0 Å². The number of hydrogen-bond acceptors (Lipinski definition) is 3. The van der Waals surface area contributed by atoms with Crippen LogP contribution < -0.4 is 9.47 Å². The highest BCUT2D eigenvalue weighted by atomic mass is 16.5. The van der Waals surface area contributed by atoms with Crippen LogP contribution in [-0.2, 0) is 5.41 Å². The molecule has 0 saturated carbocycles. The topological polar surface area (TPSA) is 35.5 Å². The third kappa shape index (κ3) is 1.46. The number of allylic oxidation sites excluding steroid dienone is 1. The molecule has 0 fully saturated rings. The first-order chi connectivity index (χ1) is 7.93. The molecule has 0 N–H and O–H groups in total. The fraction of sp³-hybridized carbons (Fsp3) is 0.357. The highest BCUT2D eigenvalue weighted by molar-refractivity contribution is 6.15. The number of carbonyl (C=O) groups excluding carboxylic acids is 1. The van der Waals surface area contributed by atoms with Crippen molar-refractivity contribution < 1.29 is 14.3 Å². The highest BCUT2D eigenvalue weighted by Gasteiger charge is 2.40. The van der Waals surface area contributed by atoms with E-state index >= 15 is 0 Å². The van der Waals surface area contributed by atoms with Crippen molar-refractivity contribution >= 4 is 5.78 Å². The van der Waals surface area contributed by atoms with Gasteiger partial charge in [0.2, 0.25) is 0 Å². The van der Waals surface area contributed by atoms with Gasteiger partial charge in [-0.3, -0.25) is 4.79 Å². The number of ether oxygens (including phenoxy) is 2. The van der Waals surface area contributed by atoms with Crippen LogP contribution in [0.15, 0.2) is 24.3 Å². The molecule has 0 atom stereocenters. The van der Waals surface area contributed by atoms with Gasteiger partial charge in [0.05, 0.1) is 14.2 Å². The first kappa shape index (κ1) is 11.7. The Morgan fingerprint density at radius 1 is 1.12 bits per heavy atom. The van der Waals surface area contributed by atoms with Crippen LogP contribution in [0.4, 0.5) is 0 Å². The smallest absolute Gasteiger partial charge is 0.189 e. The summed E-state index contributed by atoms with van der Waals surface area (Å²) in [5.74, 6) is 1.21. The van der Waals surface area contributed by atoms with Gasteiger partial charge in [0.25, 0.3) is 0 Å². The summed E-state index contributed by atoms with van der Waals surface area (Å²) >= 11 is 0. The maximum Gasteiger partial charge on any atom is 0.189 e. The zero-order valence-electron chi connectivity index (χ0n) is 10.6. The second-order valence-electron chi connectivity index (χ2n) is 4.69. The van der Waals surface area contributed by atoms with E-state index in [2.05, 4.69) is 6.58 Å². The number of benzene rings is 1. The van der Waals surface area contributed by atoms with Crippen molar-refractivity contribution in [3.8, 4) is 11.5 Å². The van der Waals surface area contributed by atoms with E-state index in [4.69, 9.17) is 9.47 Å². The third-order valence-electron chi connectivity index (χ3n) is 3.47. The van der Waals surface area contributed by atoms with Gasteiger partial charge in [-0.05, 0) is 17.7 Å². The van der Waals surface area contributed by atoms with Gasteiger partial charge in [-0.1, -0.05) is 20.4 Å². The minimum absolute atomic E-state index is 0.00838. The van der Waals surface area contributed by atoms with Crippen molar-refractivity contribution in [1.29, 1.82) is 0 Å². The molecule has 90 valence electrons. The number of hydrogen-bond donors (Lipinski definition) is 0. The average molecular weight is 232 g/mol. The van der Waals surface area contributed by atoms with E-state index in [0.717, 1.165) is 5.56 Å². The van der Waals surface area contributed by atoms with E-state index in [-0.39, 0.29) is 11.2 Å². The van der Waals surface area contributed by atoms with E-state index in [9.17, 15) is 4.79 Å². The molecule has 0 aromatic heterocycles. The number of carbonyl (C=O) groups is 1. The molecule has 0 aliphatic heterocycles. The Morgan fingerprint density at radius 2 is 1.65 bits per heavy atom. The standard InChI is InChI=1S/C14H16O3/c1-8-13(15)9-6-11(16-4)12(17-5)7-10(9)14(8,2)3/h6-7H,1H2,2-5H3. The van der Waals surface area contributed by atoms with Crippen molar-refractivity contribution in [3.63, 3.8) is 0 Å². The number of fused-ring (bicyclic) bond motifs is 1. The number of ketones is 1. The average Bonchev–Trinajstić information content (AvgIpc) is 2.49. The Morgan fingerprint density at radius 3 is 2.18 bits per heavy atom. The van der Waals surface area contributed by atoms with Crippen molar-refractivity contribution in [3.05, 3.63) is 35.4 Å². The van der Waals surface area contributed by atoms with Crippen LogP contribution in [0.1, 0.15) is 29.8 Å². The summed E-state index contributed by atoms with van der Waals surface area (Å²) in [6, 6.07) is 3.60. The maximum absolute atomic E-state index is 12.1. The van der Waals surface area contributed by atoms with Gasteiger partial charge in [0.15, 0.2) is 17.3 Å². The minimum Gasteiger partial charge on any atom is -0.493 e. The lowest BCUT2D eigenvalue weighted by Gasteiger charge is -2.20. The van der Waals surface area contributed by atoms with E-state index < -0.39 is 0 Å². The summed E-state index contributed by atoms with van der Waals surface area (Å²) in [7, 11) is 3.15. The lowest BCUT2D eigenvalue weighted by atomic mass is 9.83. The molecular weight excluding hydrogens is 216 g/mol. The molecule has 0 bridgehead atoms. The van der Waals surface area contributed by atoms with Gasteiger partial charge < -0.3 is 9.47 Å². The molecule has 1 aliphatic rings. The Kier molecular flexibility index (Phi) is 2.49. The van der Waals surface area contributed by atoms with Crippen LogP contribution in [0.2, 0.25) is 0 Å². The highest BCUT2D eigenvalue weighted by Crippen LogP contribution is 2.45. The van der Waals surface area contributed by atoms with Crippen LogP contribution in [-0.4, -0.2) is 20.0 Å². The SMILES string of the molecule is C=C1C(=O)c2cc(OC)c(OC)cc2C1(C)C. The first-order valence-electron chi connectivity index (χ1n) is 5.44. The molecule has 3 nitrogen and oxygen atoms in total. The van der Waals surface area contributed by atoms with Crippen molar-refractivity contribution in [2.75, 3.05) is 14.2 Å². The molecule has 2 rings (SSSR count). The molecule has 1 aromatic rings. The monoisotopic (exact) mass is 232 g/mol. The van der Waals surface area contributed by atoms with Gasteiger partial charge in [0, 0.05) is 16.6 Å². The Bertz CT molecular complexity index is 512. The molecule has 1 aliphatic carbocycles. The van der Waals surface area contributed by atoms with E-state index in [1.807, 2.05) is 19.9 Å². The quantitative estimate of drug-likeness (QED) is 0.735. The predicted octanol–water partition coefficient (Wildman–Crippen LogP) is 2.73. The number of Topliss-reactive ketones (excluding diaryl/α,β-unsaturated/α-hetero) is 1. The molecule has 0 amide bonds. The summed E-state index contributed by atoms with van der Waals surface area (Å²) in [6.45, 7) is 7.86. The summed E-state index contributed by atoms with van der Waals surface area (Å²) in [4.78, 5) is 12.1. The van der Waals surface area contributed by atoms with Crippen LogP contribution in [0.3, 0.4) is 0 Å². The fourth-order valence-electron chi connectivity index (χ4n) is 2.19. The zero-order chi connectivity index (χ0) is 12.8. The van der Waals surface area contributed by atoms with E-state index in [1.54, 1.807) is 20.3 Å². The molecule has 1 aromatic carbocycles. The number of methoxy groups -OCH3 is 2. The van der Waals surface area contributed by atoms with Gasteiger partial charge in [-0.2, -0.15) is 0 Å². The normalized spacial score (nSPS) is 16.9. The Labute approximate surface area is 101 Å². The fourth-order valence-corrected chi connectivity index (χ4v) is 2.19. The summed E-state index contributed by atoms with van der Waals surface area (Å²) in [6.07, 6.45) is 0. The summed E-state index contributed by atoms with van der Waals surface area (Å²) < 4.78 is 10.5. The number of rotatable bonds is 2. The van der Waals surface area contributed by atoms with Gasteiger partial charge in [-0.15, -0.1) is 0 Å². The van der Waals surface area contributed by atoms with Crippen LogP contribution in [0.25, 0.3) is 0 Å². The molecule has 0 heterocycles. The lowest BCUT2D eigenvalue weighted by molar-refractivity contribution is 0.103. The molecule has 3 heteroatoms. The maximum atomic E-state index is 12.1. The predicted molar refractivity (Wildman–Crippen MR) is 66.0 cm³/mol. The van der Waals surface area contributed by atoms with Gasteiger partial charge in [0.1, 0.15) is 0 Å². The second-order valence-corrected chi connectivity index (χ2v) is 4.69. The van der Waals surface area contributed by atoms with Crippen LogP contribution in [0, 0.1) is 0 Å². The van der Waals surface area contributed by atoms with E-state index in [0.29, 0.717) is 22.6 Å². The second kappa shape index (κ2) is 3.62. The third-order valence-corrected chi connectivity index (χ3v) is 3.47. The molecule has 0 unspecified atom stereocenters. The molecular formula is C14H16O3. The van der Waals surface area contributed by atoms with Crippen molar-refractivity contribution in [1.82, 2.24) is 0 Å². The molecule has 17 heavy (non-hydrogen) atoms. The molecule has 0 saturated heterocycles. The lowest BCUT2D eigenvalue weighted by Crippen LogP contribution is -2.15. The van der Waals surface area contributed by atoms with Crippen molar-refractivity contribution in [2.24, 2.45) is 0 Å². The summed E-state index contributed by atoms with van der Waals surface area (Å²) in [5, 5.41) is 0. The van der Waals surface area contributed by atoms with Gasteiger partial charge >= 0.3 is 0 Å². The Balaban J connectivity index is 2.72. The Hall–Kier alpha value is -1.77. The molecule has 0 radical (unpaired) electrons. The molecule has 0 spiro atoms. The van der Waals surface area contributed by atoms with Gasteiger partial charge in [-0.25, -0.2) is 0 Å². The zero-order valence-corrected chi connectivity index (χ0v) is 10.6. The first-order valence-corrected chi connectivity index (χ1v) is 5.44. The van der Waals surface area contributed by atoms with Crippen LogP contribution in [0.5, 0.6) is 11.5 Å². The van der Waals surface area contributed by atoms with E-state index in [1.165, 1.54) is 0 Å². The minimum atomic E-state index is -0.341. The van der Waals surface area contributed by atoms with Crippen molar-refractivity contribution in [2.45, 2.75) is 19.3 Å². The largest absolute Gasteiger partial charge is 0.493 e. The summed E-state index contributed by atoms with van der Waals surface area (Å²) in [5.41, 5.74) is 1.89.